The highest BCUT2D eigenvalue weighted by molar-refractivity contribution is 6.30. The minimum absolute atomic E-state index is 0.137. The standard InChI is InChI=1S/C33H34ClN5O3/c1-38-31(42)32(19-21-7-3-2-4-8-21)20-39(18-17-27(32)37-38)30(41)28(23-11-14-24(34)15-12-23)33(36)25-10-6-5-9-22(25)13-16-26(33)29(35)40/h2-12,14-15,26,28H,13,16-20,36H2,1H3,(H2,35,40). The Morgan fingerprint density at radius 3 is 2.43 bits per heavy atom. The van der Waals surface area contributed by atoms with E-state index in [2.05, 4.69) is 5.10 Å². The highest BCUT2D eigenvalue weighted by Gasteiger charge is 2.57. The number of amides is 3. The van der Waals surface area contributed by atoms with Crippen molar-refractivity contribution in [2.24, 2.45) is 27.9 Å². The molecule has 216 valence electrons. The Morgan fingerprint density at radius 1 is 1.02 bits per heavy atom. The van der Waals surface area contributed by atoms with Gasteiger partial charge in [-0.2, -0.15) is 5.10 Å². The molecule has 9 heteroatoms. The summed E-state index contributed by atoms with van der Waals surface area (Å²) in [5.41, 5.74) is 15.1. The van der Waals surface area contributed by atoms with Crippen LogP contribution in [0.2, 0.25) is 5.02 Å². The van der Waals surface area contributed by atoms with Crippen LogP contribution >= 0.6 is 11.6 Å². The fraction of sp³-hybridized carbons (Fsp3) is 0.333. The number of halogens is 1. The number of rotatable bonds is 6. The third-order valence-electron chi connectivity index (χ3n) is 9.30. The predicted molar refractivity (Wildman–Crippen MR) is 161 cm³/mol. The van der Waals surface area contributed by atoms with E-state index >= 15 is 0 Å². The summed E-state index contributed by atoms with van der Waals surface area (Å²) in [6.45, 7) is 0.532. The number of hydrazone groups is 1. The molecule has 0 saturated carbocycles. The topological polar surface area (TPSA) is 122 Å². The van der Waals surface area contributed by atoms with Crippen molar-refractivity contribution in [3.05, 3.63) is 106 Å². The van der Waals surface area contributed by atoms with E-state index < -0.39 is 28.7 Å². The average Bonchev–Trinajstić information content (AvgIpc) is 3.23. The van der Waals surface area contributed by atoms with Crippen molar-refractivity contribution in [3.8, 4) is 0 Å². The molecule has 42 heavy (non-hydrogen) atoms. The summed E-state index contributed by atoms with van der Waals surface area (Å²) >= 11 is 6.26. The second kappa shape index (κ2) is 10.7. The second-order valence-corrected chi connectivity index (χ2v) is 12.1. The van der Waals surface area contributed by atoms with E-state index in [-0.39, 0.29) is 18.4 Å². The number of aryl methyl sites for hydroxylation is 1. The lowest BCUT2D eigenvalue weighted by molar-refractivity contribution is -0.142. The van der Waals surface area contributed by atoms with Gasteiger partial charge in [-0.25, -0.2) is 5.01 Å². The first-order chi connectivity index (χ1) is 20.1. The number of carbonyl (C=O) groups is 3. The SMILES string of the molecule is CN1N=C2CCN(C(=O)C(c3ccc(Cl)cc3)C3(N)c4ccccc4CCC3C(N)=O)CC2(Cc2ccccc2)C1=O. The molecule has 3 amide bonds. The van der Waals surface area contributed by atoms with Crippen molar-refractivity contribution in [2.45, 2.75) is 37.1 Å². The second-order valence-electron chi connectivity index (χ2n) is 11.7. The van der Waals surface area contributed by atoms with Crippen LogP contribution in [-0.2, 0) is 32.8 Å². The molecule has 2 heterocycles. The normalized spacial score (nSPS) is 25.8. The lowest BCUT2D eigenvalue weighted by Crippen LogP contribution is -2.62. The minimum Gasteiger partial charge on any atom is -0.369 e. The van der Waals surface area contributed by atoms with Crippen LogP contribution in [0, 0.1) is 11.3 Å². The van der Waals surface area contributed by atoms with Crippen molar-refractivity contribution in [1.82, 2.24) is 9.91 Å². The third kappa shape index (κ3) is 4.50. The van der Waals surface area contributed by atoms with Gasteiger partial charge in [-0.1, -0.05) is 78.3 Å². The molecule has 1 aliphatic carbocycles. The van der Waals surface area contributed by atoms with Crippen molar-refractivity contribution >= 4 is 35.0 Å². The molecule has 4 unspecified atom stereocenters. The number of benzene rings is 3. The smallest absolute Gasteiger partial charge is 0.256 e. The van der Waals surface area contributed by atoms with Crippen molar-refractivity contribution < 1.29 is 14.4 Å². The van der Waals surface area contributed by atoms with Crippen LogP contribution in [0.4, 0.5) is 0 Å². The predicted octanol–water partition coefficient (Wildman–Crippen LogP) is 3.61. The van der Waals surface area contributed by atoms with E-state index in [1.807, 2.05) is 54.6 Å². The minimum atomic E-state index is -1.41. The molecule has 3 aromatic rings. The molecule has 0 spiro atoms. The van der Waals surface area contributed by atoms with Gasteiger partial charge in [0.2, 0.25) is 11.8 Å². The van der Waals surface area contributed by atoms with Gasteiger partial charge in [-0.3, -0.25) is 14.4 Å². The molecule has 6 rings (SSSR count). The van der Waals surface area contributed by atoms with Gasteiger partial charge in [0, 0.05) is 31.6 Å². The summed E-state index contributed by atoms with van der Waals surface area (Å²) in [4.78, 5) is 43.4. The van der Waals surface area contributed by atoms with E-state index in [0.717, 1.165) is 22.4 Å². The number of fused-ring (bicyclic) bond motifs is 2. The number of carbonyl (C=O) groups excluding carboxylic acids is 3. The molecule has 2 aliphatic heterocycles. The highest BCUT2D eigenvalue weighted by atomic mass is 35.5. The largest absolute Gasteiger partial charge is 0.369 e. The molecular formula is C33H34ClN5O3. The van der Waals surface area contributed by atoms with Gasteiger partial charge in [-0.15, -0.1) is 0 Å². The van der Waals surface area contributed by atoms with Crippen molar-refractivity contribution in [1.29, 1.82) is 0 Å². The van der Waals surface area contributed by atoms with E-state index in [1.165, 1.54) is 5.01 Å². The number of nitrogens with two attached hydrogens (primary N) is 2. The zero-order valence-electron chi connectivity index (χ0n) is 23.5. The Bertz CT molecular complexity index is 1580. The molecule has 3 aliphatic rings. The summed E-state index contributed by atoms with van der Waals surface area (Å²) in [6, 6.07) is 24.5. The van der Waals surface area contributed by atoms with Crippen LogP contribution in [0.1, 0.15) is 41.0 Å². The average molecular weight is 584 g/mol. The molecule has 0 aromatic heterocycles. The zero-order valence-corrected chi connectivity index (χ0v) is 24.3. The highest BCUT2D eigenvalue weighted by Crippen LogP contribution is 2.49. The number of nitrogens with zero attached hydrogens (tertiary/aromatic N) is 3. The summed E-state index contributed by atoms with van der Waals surface area (Å²) in [6.07, 6.45) is 1.94. The summed E-state index contributed by atoms with van der Waals surface area (Å²) in [5, 5.41) is 6.51. The Morgan fingerprint density at radius 2 is 1.71 bits per heavy atom. The van der Waals surface area contributed by atoms with E-state index in [1.54, 1.807) is 36.2 Å². The third-order valence-corrected chi connectivity index (χ3v) is 9.55. The fourth-order valence-corrected chi connectivity index (χ4v) is 7.42. The molecule has 3 aromatic carbocycles. The molecule has 8 nitrogen and oxygen atoms in total. The Hall–Kier alpha value is -4.01. The number of likely N-dealkylation sites (tertiary alicyclic amines) is 1. The Labute approximate surface area is 250 Å². The molecular weight excluding hydrogens is 550 g/mol. The maximum Gasteiger partial charge on any atom is 0.256 e. The Balaban J connectivity index is 1.46. The molecule has 0 radical (unpaired) electrons. The first-order valence-corrected chi connectivity index (χ1v) is 14.6. The van der Waals surface area contributed by atoms with Gasteiger partial charge in [0.15, 0.2) is 0 Å². The van der Waals surface area contributed by atoms with Crippen LogP contribution in [-0.4, -0.2) is 53.5 Å². The van der Waals surface area contributed by atoms with Crippen molar-refractivity contribution in [3.63, 3.8) is 0 Å². The van der Waals surface area contributed by atoms with Crippen LogP contribution in [0.15, 0.2) is 84.0 Å². The van der Waals surface area contributed by atoms with Crippen molar-refractivity contribution in [2.75, 3.05) is 20.1 Å². The quantitative estimate of drug-likeness (QED) is 0.460. The van der Waals surface area contributed by atoms with Gasteiger partial charge < -0.3 is 16.4 Å². The van der Waals surface area contributed by atoms with Gasteiger partial charge >= 0.3 is 0 Å². The molecule has 4 atom stereocenters. The molecule has 0 bridgehead atoms. The lowest BCUT2D eigenvalue weighted by atomic mass is 9.61. The number of piperidine rings is 1. The van der Waals surface area contributed by atoms with Crippen LogP contribution in [0.5, 0.6) is 0 Å². The van der Waals surface area contributed by atoms with Gasteiger partial charge in [0.05, 0.1) is 23.1 Å². The number of primary amides is 1. The molecule has 4 N–H and O–H groups in total. The monoisotopic (exact) mass is 583 g/mol. The fourth-order valence-electron chi connectivity index (χ4n) is 7.30. The maximum atomic E-state index is 14.9. The van der Waals surface area contributed by atoms with Gasteiger partial charge in [0.25, 0.3) is 5.91 Å². The zero-order chi connectivity index (χ0) is 29.6. The van der Waals surface area contributed by atoms with E-state index in [9.17, 15) is 14.4 Å². The summed E-state index contributed by atoms with van der Waals surface area (Å²) in [7, 11) is 1.66. The summed E-state index contributed by atoms with van der Waals surface area (Å²) in [5.74, 6) is -2.66. The molecule has 1 saturated heterocycles. The number of hydrogen-bond acceptors (Lipinski definition) is 5. The van der Waals surface area contributed by atoms with Crippen LogP contribution in [0.25, 0.3) is 0 Å². The number of hydrogen-bond donors (Lipinski definition) is 2. The first-order valence-electron chi connectivity index (χ1n) is 14.3. The first kappa shape index (κ1) is 28.1. The summed E-state index contributed by atoms with van der Waals surface area (Å²) < 4.78 is 0. The Kier molecular flexibility index (Phi) is 7.15. The van der Waals surface area contributed by atoms with Gasteiger partial charge in [-0.05, 0) is 53.6 Å². The van der Waals surface area contributed by atoms with Crippen LogP contribution in [0.3, 0.4) is 0 Å². The lowest BCUT2D eigenvalue weighted by Gasteiger charge is -2.48. The van der Waals surface area contributed by atoms with Gasteiger partial charge in [0.1, 0.15) is 5.41 Å². The van der Waals surface area contributed by atoms with E-state index in [4.69, 9.17) is 23.1 Å². The van der Waals surface area contributed by atoms with Crippen LogP contribution < -0.4 is 11.5 Å². The molecule has 1 fully saturated rings. The van der Waals surface area contributed by atoms with E-state index in [0.29, 0.717) is 42.8 Å². The maximum absolute atomic E-state index is 14.9.